The molecule has 1 aliphatic rings. The zero-order chi connectivity index (χ0) is 20.6. The molecule has 4 rings (SSSR count). The Balaban J connectivity index is 1.69. The fourth-order valence-electron chi connectivity index (χ4n) is 3.20. The maximum atomic E-state index is 13.2. The molecule has 0 aliphatic carbocycles. The monoisotopic (exact) mass is 407 g/mol. The minimum absolute atomic E-state index is 0.207. The molecule has 1 unspecified atom stereocenters. The second kappa shape index (κ2) is 7.23. The zero-order valence-corrected chi connectivity index (χ0v) is 15.6. The van der Waals surface area contributed by atoms with Gasteiger partial charge in [-0.25, -0.2) is 15.0 Å². The molecule has 0 amide bonds. The van der Waals surface area contributed by atoms with Gasteiger partial charge in [-0.3, -0.25) is 9.38 Å². The van der Waals surface area contributed by atoms with Crippen molar-refractivity contribution in [2.24, 2.45) is 0 Å². The zero-order valence-electron chi connectivity index (χ0n) is 15.6. The number of aromatic nitrogens is 5. The average molecular weight is 407 g/mol. The fourth-order valence-corrected chi connectivity index (χ4v) is 3.20. The largest absolute Gasteiger partial charge is 0.422 e. The van der Waals surface area contributed by atoms with E-state index in [9.17, 15) is 18.3 Å². The van der Waals surface area contributed by atoms with Crippen molar-refractivity contribution in [2.75, 3.05) is 18.4 Å². The van der Waals surface area contributed by atoms with Gasteiger partial charge in [-0.2, -0.15) is 13.2 Å². The van der Waals surface area contributed by atoms with Gasteiger partial charge in [-0.15, -0.1) is 0 Å². The highest BCUT2D eigenvalue weighted by atomic mass is 19.4. The molecule has 3 aromatic heterocycles. The molecule has 4 heterocycles. The molecule has 11 heteroatoms. The third kappa shape index (κ3) is 3.75. The molecule has 0 spiro atoms. The number of aliphatic hydroxyl groups is 1. The lowest BCUT2D eigenvalue weighted by Gasteiger charge is -2.25. The summed E-state index contributed by atoms with van der Waals surface area (Å²) in [6, 6.07) is 1.86. The average Bonchev–Trinajstić information content (AvgIpc) is 3.11. The molecular weight excluding hydrogens is 387 g/mol. The summed E-state index contributed by atoms with van der Waals surface area (Å²) in [5.74, 6) is 0.433. The Morgan fingerprint density at radius 1 is 1.24 bits per heavy atom. The highest BCUT2D eigenvalue weighted by molar-refractivity contribution is 5.60. The molecule has 1 aliphatic heterocycles. The van der Waals surface area contributed by atoms with Crippen molar-refractivity contribution in [1.29, 1.82) is 0 Å². The number of imidazole rings is 1. The summed E-state index contributed by atoms with van der Waals surface area (Å²) in [6.45, 7) is 2.46. The second-order valence-electron chi connectivity index (χ2n) is 7.17. The molecule has 0 bridgehead atoms. The van der Waals surface area contributed by atoms with E-state index in [0.29, 0.717) is 29.9 Å². The first-order valence-corrected chi connectivity index (χ1v) is 9.19. The van der Waals surface area contributed by atoms with Crippen molar-refractivity contribution in [1.82, 2.24) is 29.7 Å². The Morgan fingerprint density at radius 3 is 2.79 bits per heavy atom. The van der Waals surface area contributed by atoms with E-state index in [2.05, 4.69) is 30.6 Å². The molecule has 2 atom stereocenters. The Morgan fingerprint density at radius 2 is 2.07 bits per heavy atom. The fraction of sp³-hybridized carbons (Fsp3) is 0.444. The van der Waals surface area contributed by atoms with Crippen LogP contribution in [0.4, 0.5) is 19.1 Å². The molecule has 1 saturated heterocycles. The summed E-state index contributed by atoms with van der Waals surface area (Å²) >= 11 is 0. The van der Waals surface area contributed by atoms with Crippen LogP contribution in [0, 0.1) is 0 Å². The number of fused-ring (bicyclic) bond motifs is 1. The summed E-state index contributed by atoms with van der Waals surface area (Å²) in [6.07, 6.45) is 2.58. The number of nitrogens with one attached hydrogen (secondary N) is 2. The van der Waals surface area contributed by atoms with E-state index < -0.39 is 17.5 Å². The first-order valence-electron chi connectivity index (χ1n) is 9.19. The highest BCUT2D eigenvalue weighted by Crippen LogP contribution is 2.37. The lowest BCUT2D eigenvalue weighted by molar-refractivity contribution is -0.260. The van der Waals surface area contributed by atoms with Crippen molar-refractivity contribution < 1.29 is 18.3 Å². The molecule has 29 heavy (non-hydrogen) atoms. The quantitative estimate of drug-likeness (QED) is 0.609. The van der Waals surface area contributed by atoms with E-state index in [1.165, 1.54) is 16.8 Å². The predicted octanol–water partition coefficient (Wildman–Crippen LogP) is 2.12. The summed E-state index contributed by atoms with van der Waals surface area (Å²) in [5, 5.41) is 16.5. The first-order chi connectivity index (χ1) is 13.8. The Bertz CT molecular complexity index is 1010. The van der Waals surface area contributed by atoms with Gasteiger partial charge in [0.25, 0.3) is 0 Å². The lowest BCUT2D eigenvalue weighted by Crippen LogP contribution is -2.40. The number of nitrogens with zero attached hydrogens (tertiary/aromatic N) is 5. The van der Waals surface area contributed by atoms with Crippen LogP contribution in [0.25, 0.3) is 17.0 Å². The van der Waals surface area contributed by atoms with Crippen molar-refractivity contribution in [3.63, 3.8) is 0 Å². The normalized spacial score (nSPS) is 19.8. The lowest BCUT2D eigenvalue weighted by atomic mass is 10.0. The standard InChI is InChI=1S/C18H20F3N7O/c1-17(29,18(19,20)21)14-10-28-13(8-25-15(28)9-24-14)12-4-6-23-16(27-12)26-11-3-2-5-22-7-11/h4,6,8-11,22,29H,2-3,5,7H2,1H3,(H,23,26,27)/t11?,17-/m0/s1. The van der Waals surface area contributed by atoms with Crippen LogP contribution >= 0.6 is 0 Å². The third-order valence-corrected chi connectivity index (χ3v) is 4.99. The van der Waals surface area contributed by atoms with Gasteiger partial charge < -0.3 is 15.7 Å². The Labute approximate surface area is 164 Å². The van der Waals surface area contributed by atoms with Crippen molar-refractivity contribution in [3.8, 4) is 11.4 Å². The van der Waals surface area contributed by atoms with E-state index in [0.717, 1.165) is 32.1 Å². The molecule has 1 fully saturated rings. The van der Waals surface area contributed by atoms with Crippen LogP contribution in [-0.4, -0.2) is 54.8 Å². The van der Waals surface area contributed by atoms with Gasteiger partial charge in [0.2, 0.25) is 11.5 Å². The molecule has 3 N–H and O–H groups in total. The van der Waals surface area contributed by atoms with E-state index in [1.54, 1.807) is 12.3 Å². The molecule has 3 aromatic rings. The smallest absolute Gasteiger partial charge is 0.375 e. The maximum absolute atomic E-state index is 13.2. The minimum Gasteiger partial charge on any atom is -0.375 e. The van der Waals surface area contributed by atoms with Crippen molar-refractivity contribution in [3.05, 3.63) is 36.5 Å². The van der Waals surface area contributed by atoms with E-state index >= 15 is 0 Å². The van der Waals surface area contributed by atoms with Crippen LogP contribution in [0.15, 0.2) is 30.9 Å². The van der Waals surface area contributed by atoms with Gasteiger partial charge in [0.1, 0.15) is 0 Å². The van der Waals surface area contributed by atoms with Gasteiger partial charge in [-0.1, -0.05) is 0 Å². The Kier molecular flexibility index (Phi) is 4.87. The van der Waals surface area contributed by atoms with Crippen LogP contribution in [0.1, 0.15) is 25.5 Å². The van der Waals surface area contributed by atoms with Gasteiger partial charge in [-0.05, 0) is 32.4 Å². The topological polar surface area (TPSA) is 100 Å². The summed E-state index contributed by atoms with van der Waals surface area (Å²) in [7, 11) is 0. The van der Waals surface area contributed by atoms with Crippen LogP contribution in [0.5, 0.6) is 0 Å². The highest BCUT2D eigenvalue weighted by Gasteiger charge is 2.52. The minimum atomic E-state index is -4.87. The molecular formula is C18H20F3N7O. The molecule has 154 valence electrons. The van der Waals surface area contributed by atoms with E-state index in [1.807, 2.05) is 0 Å². The molecule has 0 aromatic carbocycles. The van der Waals surface area contributed by atoms with Crippen LogP contribution in [0.3, 0.4) is 0 Å². The van der Waals surface area contributed by atoms with Gasteiger partial charge in [0, 0.05) is 25.0 Å². The third-order valence-electron chi connectivity index (χ3n) is 4.99. The van der Waals surface area contributed by atoms with Gasteiger partial charge in [0.15, 0.2) is 5.65 Å². The summed E-state index contributed by atoms with van der Waals surface area (Å²) < 4.78 is 41.0. The maximum Gasteiger partial charge on any atom is 0.422 e. The molecule has 0 saturated carbocycles. The number of halogens is 3. The number of rotatable bonds is 4. The first kappa shape index (κ1) is 19.5. The number of hydrogen-bond donors (Lipinski definition) is 3. The van der Waals surface area contributed by atoms with E-state index in [-0.39, 0.29) is 6.04 Å². The molecule has 0 radical (unpaired) electrons. The van der Waals surface area contributed by atoms with Gasteiger partial charge >= 0.3 is 6.18 Å². The molecule has 8 nitrogen and oxygen atoms in total. The SMILES string of the molecule is C[C@](O)(c1cn2c(-c3ccnc(NC4CCCNC4)n3)cnc2cn1)C(F)(F)F. The van der Waals surface area contributed by atoms with Crippen LogP contribution in [-0.2, 0) is 5.60 Å². The number of hydrogen-bond acceptors (Lipinski definition) is 7. The van der Waals surface area contributed by atoms with Gasteiger partial charge in [0.05, 0.1) is 29.5 Å². The predicted molar refractivity (Wildman–Crippen MR) is 99.2 cm³/mol. The summed E-state index contributed by atoms with van der Waals surface area (Å²) in [5.41, 5.74) is -2.32. The van der Waals surface area contributed by atoms with Crippen LogP contribution in [0.2, 0.25) is 0 Å². The number of alkyl halides is 3. The van der Waals surface area contributed by atoms with Crippen molar-refractivity contribution in [2.45, 2.75) is 37.6 Å². The summed E-state index contributed by atoms with van der Waals surface area (Å²) in [4.78, 5) is 16.6. The second-order valence-corrected chi connectivity index (χ2v) is 7.17. The van der Waals surface area contributed by atoms with Crippen LogP contribution < -0.4 is 10.6 Å². The Hall–Kier alpha value is -2.79. The number of anilines is 1. The van der Waals surface area contributed by atoms with Crippen molar-refractivity contribution >= 4 is 11.6 Å². The van der Waals surface area contributed by atoms with E-state index in [4.69, 9.17) is 0 Å². The number of piperidine rings is 1.